The van der Waals surface area contributed by atoms with Crippen LogP contribution in [-0.4, -0.2) is 36.6 Å². The lowest BCUT2D eigenvalue weighted by molar-refractivity contribution is 0.00578. The van der Waals surface area contributed by atoms with Crippen molar-refractivity contribution < 1.29 is 18.6 Å². The fraction of sp³-hybridized carbons (Fsp3) is 0.298. The van der Waals surface area contributed by atoms with Gasteiger partial charge in [0.05, 0.1) is 22.4 Å². The van der Waals surface area contributed by atoms with Gasteiger partial charge in [0.25, 0.3) is 0 Å². The van der Waals surface area contributed by atoms with E-state index in [0.29, 0.717) is 0 Å². The van der Waals surface area contributed by atoms with Gasteiger partial charge in [-0.15, -0.1) is 0 Å². The molecule has 2 fully saturated rings. The van der Waals surface area contributed by atoms with Crippen LogP contribution in [0.3, 0.4) is 0 Å². The normalized spacial score (nSPS) is 18.7. The summed E-state index contributed by atoms with van der Waals surface area (Å²) in [5.74, 6) is 0. The highest BCUT2D eigenvalue weighted by atomic mass is 16.7. The summed E-state index contributed by atoms with van der Waals surface area (Å²) in [5, 5.41) is 0. The van der Waals surface area contributed by atoms with Crippen LogP contribution in [0.2, 0.25) is 0 Å². The quantitative estimate of drug-likeness (QED) is 0.143. The Balaban J connectivity index is 1.39. The summed E-state index contributed by atoms with van der Waals surface area (Å²) in [6, 6.07) is 47.3. The number of rotatable bonds is 8. The highest BCUT2D eigenvalue weighted by Crippen LogP contribution is 2.56. The third kappa shape index (κ3) is 7.91. The van der Waals surface area contributed by atoms with Crippen LogP contribution in [0, 0.1) is 20.8 Å². The summed E-state index contributed by atoms with van der Waals surface area (Å²) in [5.41, 5.74) is 18.5. The zero-order valence-corrected chi connectivity index (χ0v) is 39.0. The molecular weight excluding hydrogens is 770 g/mol. The first-order chi connectivity index (χ1) is 29.9. The average Bonchev–Trinajstić information content (AvgIpc) is 3.63. The third-order valence-electron chi connectivity index (χ3n) is 14.4. The molecule has 2 heterocycles. The molecule has 6 heteroatoms. The van der Waals surface area contributed by atoms with E-state index in [1.54, 1.807) is 0 Å². The average molecular weight is 831 g/mol. The zero-order chi connectivity index (χ0) is 44.5. The van der Waals surface area contributed by atoms with Gasteiger partial charge in [0.1, 0.15) is 0 Å². The molecule has 4 nitrogen and oxygen atoms in total. The molecule has 6 aromatic rings. The molecule has 1 aliphatic carbocycles. The Hall–Kier alpha value is -5.23. The largest absolute Gasteiger partial charge is 0.494 e. The molecule has 63 heavy (non-hydrogen) atoms. The summed E-state index contributed by atoms with van der Waals surface area (Å²) in [6.07, 6.45) is 6.28. The predicted octanol–water partition coefficient (Wildman–Crippen LogP) is 14.0. The second-order valence-corrected chi connectivity index (χ2v) is 19.9. The molecule has 0 aromatic heterocycles. The molecule has 0 amide bonds. The molecule has 0 N–H and O–H groups in total. The maximum absolute atomic E-state index is 6.61. The van der Waals surface area contributed by atoms with E-state index in [2.05, 4.69) is 216 Å². The molecule has 0 radical (unpaired) electrons. The van der Waals surface area contributed by atoms with Gasteiger partial charge in [0, 0.05) is 0 Å². The lowest BCUT2D eigenvalue weighted by Crippen LogP contribution is -2.41. The SMILES string of the molecule is Cc1ccc(-c2c(C3=CC=C(B4OC(C)(C)C(C)(C)O4)CC3)c(-c3ccc(C)cc3)c(-c3ccc(C)cc3)c(-c3ccc(B4OC(C)(C)C(C)(C)O4)cc3)c2-c2ccccc2)cc1. The Morgan fingerprint density at radius 3 is 1.05 bits per heavy atom. The van der Waals surface area contributed by atoms with Crippen molar-refractivity contribution in [2.24, 2.45) is 0 Å². The first kappa shape index (κ1) is 43.0. The van der Waals surface area contributed by atoms with Crippen molar-refractivity contribution in [1.29, 1.82) is 0 Å². The number of benzene rings is 6. The first-order valence-electron chi connectivity index (χ1n) is 22.7. The van der Waals surface area contributed by atoms with Crippen molar-refractivity contribution in [2.75, 3.05) is 0 Å². The van der Waals surface area contributed by atoms with E-state index >= 15 is 0 Å². The summed E-state index contributed by atoms with van der Waals surface area (Å²) in [4.78, 5) is 0. The van der Waals surface area contributed by atoms with E-state index in [1.807, 2.05) is 0 Å². The van der Waals surface area contributed by atoms with Crippen LogP contribution in [-0.2, 0) is 18.6 Å². The molecule has 0 bridgehead atoms. The third-order valence-corrected chi connectivity index (χ3v) is 14.4. The van der Waals surface area contributed by atoms with Crippen LogP contribution in [0.15, 0.2) is 145 Å². The van der Waals surface area contributed by atoms with Gasteiger partial charge >= 0.3 is 14.2 Å². The minimum absolute atomic E-state index is 0.383. The summed E-state index contributed by atoms with van der Waals surface area (Å²) >= 11 is 0. The highest BCUT2D eigenvalue weighted by Gasteiger charge is 2.53. The molecule has 0 saturated carbocycles. The van der Waals surface area contributed by atoms with Crippen LogP contribution >= 0.6 is 0 Å². The van der Waals surface area contributed by atoms with Gasteiger partial charge < -0.3 is 18.6 Å². The second kappa shape index (κ2) is 16.1. The van der Waals surface area contributed by atoms with E-state index < -0.39 is 29.5 Å². The minimum atomic E-state index is -0.462. The van der Waals surface area contributed by atoms with Crippen molar-refractivity contribution in [1.82, 2.24) is 0 Å². The fourth-order valence-electron chi connectivity index (χ4n) is 9.12. The van der Waals surface area contributed by atoms with Crippen molar-refractivity contribution >= 4 is 25.3 Å². The van der Waals surface area contributed by atoms with Crippen LogP contribution in [0.4, 0.5) is 0 Å². The summed E-state index contributed by atoms with van der Waals surface area (Å²) < 4.78 is 26.3. The van der Waals surface area contributed by atoms with Gasteiger partial charge in [-0.2, -0.15) is 0 Å². The van der Waals surface area contributed by atoms with Crippen LogP contribution in [0.1, 0.15) is 90.5 Å². The lowest BCUT2D eigenvalue weighted by Gasteiger charge is -2.32. The molecule has 6 aromatic carbocycles. The van der Waals surface area contributed by atoms with E-state index in [-0.39, 0.29) is 7.12 Å². The second-order valence-electron chi connectivity index (χ2n) is 19.9. The smallest absolute Gasteiger partial charge is 0.400 e. The van der Waals surface area contributed by atoms with Crippen molar-refractivity contribution in [2.45, 2.75) is 111 Å². The number of hydrogen-bond acceptors (Lipinski definition) is 4. The number of hydrogen-bond donors (Lipinski definition) is 0. The summed E-state index contributed by atoms with van der Waals surface area (Å²) in [7, 11) is -0.845. The van der Waals surface area contributed by atoms with Gasteiger partial charge in [0.15, 0.2) is 0 Å². The maximum Gasteiger partial charge on any atom is 0.494 e. The van der Waals surface area contributed by atoms with Crippen LogP contribution < -0.4 is 5.46 Å². The fourth-order valence-corrected chi connectivity index (χ4v) is 9.12. The van der Waals surface area contributed by atoms with Gasteiger partial charge in [0.2, 0.25) is 0 Å². The van der Waals surface area contributed by atoms with E-state index in [9.17, 15) is 0 Å². The molecular formula is C57H60B2O4. The maximum atomic E-state index is 6.61. The van der Waals surface area contributed by atoms with E-state index in [4.69, 9.17) is 18.6 Å². The van der Waals surface area contributed by atoms with E-state index in [0.717, 1.165) is 29.4 Å². The zero-order valence-electron chi connectivity index (χ0n) is 39.0. The Bertz CT molecular complexity index is 2690. The van der Waals surface area contributed by atoms with Gasteiger partial charge in [-0.1, -0.05) is 156 Å². The Kier molecular flexibility index (Phi) is 11.0. The topological polar surface area (TPSA) is 36.9 Å². The van der Waals surface area contributed by atoms with Gasteiger partial charge in [-0.05, 0) is 167 Å². The molecule has 3 aliphatic rings. The molecule has 0 unspecified atom stereocenters. The summed E-state index contributed by atoms with van der Waals surface area (Å²) in [6.45, 7) is 23.5. The molecule has 2 saturated heterocycles. The minimum Gasteiger partial charge on any atom is -0.400 e. The van der Waals surface area contributed by atoms with Crippen molar-refractivity contribution in [3.63, 3.8) is 0 Å². The van der Waals surface area contributed by atoms with Crippen molar-refractivity contribution in [3.05, 3.63) is 167 Å². The molecule has 2 aliphatic heterocycles. The van der Waals surface area contributed by atoms with Crippen LogP contribution in [0.25, 0.3) is 61.2 Å². The standard InChI is InChI=1S/C57H60B2O4/c1-37-17-23-41(24-18-37)49-48(40-15-13-12-14-16-40)52(44-29-33-46(34-30-44)58-60-54(4,5)55(6,7)61-58)50(42-25-19-38(2)20-26-42)51(43-27-21-39(3)22-28-43)53(49)45-31-35-47(36-32-45)59-62-56(8,9)57(10,11)63-59/h12-31,33-35H,32,36H2,1-11H3. The molecule has 0 spiro atoms. The van der Waals surface area contributed by atoms with Gasteiger partial charge in [-0.3, -0.25) is 0 Å². The van der Waals surface area contributed by atoms with Gasteiger partial charge in [-0.25, -0.2) is 0 Å². The van der Waals surface area contributed by atoms with Crippen LogP contribution in [0.5, 0.6) is 0 Å². The first-order valence-corrected chi connectivity index (χ1v) is 22.7. The Morgan fingerprint density at radius 2 is 0.683 bits per heavy atom. The predicted molar refractivity (Wildman–Crippen MR) is 265 cm³/mol. The highest BCUT2D eigenvalue weighted by molar-refractivity contribution is 6.62. The molecule has 0 atom stereocenters. The molecule has 318 valence electrons. The Labute approximate surface area is 376 Å². The van der Waals surface area contributed by atoms with Crippen molar-refractivity contribution in [3.8, 4) is 55.6 Å². The molecule has 9 rings (SSSR count). The Morgan fingerprint density at radius 1 is 0.349 bits per heavy atom. The monoisotopic (exact) mass is 830 g/mol. The van der Waals surface area contributed by atoms with E-state index in [1.165, 1.54) is 77.8 Å². The number of allylic oxidation sites excluding steroid dienone is 4. The lowest BCUT2D eigenvalue weighted by atomic mass is 9.69. The number of aryl methyl sites for hydroxylation is 3.